The van der Waals surface area contributed by atoms with Gasteiger partial charge >= 0.3 is 5.97 Å². The van der Waals surface area contributed by atoms with E-state index in [2.05, 4.69) is 5.32 Å². The van der Waals surface area contributed by atoms with Crippen molar-refractivity contribution in [2.45, 2.75) is 31.9 Å². The lowest BCUT2D eigenvalue weighted by atomic mass is 10.2. The molecule has 0 spiro atoms. The Morgan fingerprint density at radius 1 is 1.38 bits per heavy atom. The van der Waals surface area contributed by atoms with Gasteiger partial charge in [0.25, 0.3) is 0 Å². The first-order valence-corrected chi connectivity index (χ1v) is 5.73. The first-order valence-electron chi connectivity index (χ1n) is 5.73. The Morgan fingerprint density at radius 2 is 2.06 bits per heavy atom. The zero-order chi connectivity index (χ0) is 11.4. The molecule has 86 valence electrons. The zero-order valence-electron chi connectivity index (χ0n) is 9.53. The van der Waals surface area contributed by atoms with Crippen molar-refractivity contribution < 1.29 is 9.53 Å². The lowest BCUT2D eigenvalue weighted by molar-refractivity contribution is -0.148. The molecule has 2 rings (SSSR count). The average molecular weight is 219 g/mol. The van der Waals surface area contributed by atoms with E-state index < -0.39 is 0 Å². The number of carbonyl (C=O) groups excluding carboxylic acids is 1. The summed E-state index contributed by atoms with van der Waals surface area (Å²) < 4.78 is 5.31. The van der Waals surface area contributed by atoms with Crippen LogP contribution in [0.5, 0.6) is 0 Å². The molecule has 1 saturated carbocycles. The largest absolute Gasteiger partial charge is 0.459 e. The Balaban J connectivity index is 1.85. The molecule has 0 saturated heterocycles. The van der Waals surface area contributed by atoms with E-state index in [0.717, 1.165) is 24.9 Å². The molecular weight excluding hydrogens is 202 g/mol. The summed E-state index contributed by atoms with van der Waals surface area (Å²) >= 11 is 0. The molecule has 0 bridgehead atoms. The molecule has 3 heteroatoms. The van der Waals surface area contributed by atoms with Crippen molar-refractivity contribution in [1.82, 2.24) is 5.32 Å². The molecule has 0 atom stereocenters. The number of esters is 1. The third kappa shape index (κ3) is 2.42. The molecule has 1 N–H and O–H groups in total. The molecule has 0 aromatic heterocycles. The Morgan fingerprint density at radius 3 is 2.62 bits per heavy atom. The zero-order valence-corrected chi connectivity index (χ0v) is 9.53. The van der Waals surface area contributed by atoms with Gasteiger partial charge in [0.1, 0.15) is 12.1 Å². The van der Waals surface area contributed by atoms with E-state index in [0.29, 0.717) is 6.61 Å². The molecular formula is C13H17NO2. The predicted molar refractivity (Wildman–Crippen MR) is 61.9 cm³/mol. The van der Waals surface area contributed by atoms with Crippen LogP contribution in [0, 0.1) is 0 Å². The summed E-state index contributed by atoms with van der Waals surface area (Å²) in [5, 5.41) is 3.19. The fraction of sp³-hybridized carbons (Fsp3) is 0.462. The van der Waals surface area contributed by atoms with Crippen molar-refractivity contribution in [3.8, 4) is 0 Å². The van der Waals surface area contributed by atoms with Crippen LogP contribution in [-0.4, -0.2) is 18.1 Å². The summed E-state index contributed by atoms with van der Waals surface area (Å²) in [6.07, 6.45) is 1.79. The molecule has 16 heavy (non-hydrogen) atoms. The lowest BCUT2D eigenvalue weighted by Gasteiger charge is -2.14. The van der Waals surface area contributed by atoms with Gasteiger partial charge in [-0.3, -0.25) is 4.79 Å². The highest BCUT2D eigenvalue weighted by atomic mass is 16.5. The van der Waals surface area contributed by atoms with Crippen molar-refractivity contribution in [2.24, 2.45) is 0 Å². The van der Waals surface area contributed by atoms with Crippen molar-refractivity contribution in [3.05, 3.63) is 35.9 Å². The van der Waals surface area contributed by atoms with Crippen LogP contribution in [0.2, 0.25) is 0 Å². The van der Waals surface area contributed by atoms with Gasteiger partial charge in [0.05, 0.1) is 0 Å². The molecule has 1 fully saturated rings. The fourth-order valence-electron chi connectivity index (χ4n) is 1.78. The first kappa shape index (κ1) is 11.1. The Bertz CT molecular complexity index is 357. The molecule has 0 heterocycles. The van der Waals surface area contributed by atoms with Crippen molar-refractivity contribution in [3.63, 3.8) is 0 Å². The third-order valence-corrected chi connectivity index (χ3v) is 2.87. The minimum absolute atomic E-state index is 0.113. The van der Waals surface area contributed by atoms with Crippen molar-refractivity contribution in [1.29, 1.82) is 0 Å². The Labute approximate surface area is 95.8 Å². The van der Waals surface area contributed by atoms with Gasteiger partial charge in [-0.05, 0) is 24.9 Å². The van der Waals surface area contributed by atoms with Crippen LogP contribution in [0.25, 0.3) is 0 Å². The first-order chi connectivity index (χ1) is 7.77. The highest BCUT2D eigenvalue weighted by molar-refractivity contribution is 5.84. The van der Waals surface area contributed by atoms with Crippen LogP contribution in [0.3, 0.4) is 0 Å². The van der Waals surface area contributed by atoms with Crippen LogP contribution in [0.4, 0.5) is 0 Å². The normalized spacial score (nSPS) is 16.8. The van der Waals surface area contributed by atoms with Gasteiger partial charge in [0, 0.05) is 0 Å². The summed E-state index contributed by atoms with van der Waals surface area (Å²) in [5.74, 6) is -0.113. The number of ether oxygens (including phenoxy) is 1. The standard InChI is InChI=1S/C13H17NO2/c1-2-14-13(8-9-13)12(15)16-10-11-6-4-3-5-7-11/h3-7,14H,2,8-10H2,1H3. The SMILES string of the molecule is CCNC1(C(=O)OCc2ccccc2)CC1. The molecule has 3 nitrogen and oxygen atoms in total. The molecule has 0 radical (unpaired) electrons. The van der Waals surface area contributed by atoms with Crippen LogP contribution in [0.15, 0.2) is 30.3 Å². The Hall–Kier alpha value is -1.35. The van der Waals surface area contributed by atoms with E-state index in [1.54, 1.807) is 0 Å². The quantitative estimate of drug-likeness (QED) is 0.768. The van der Waals surface area contributed by atoms with E-state index in [1.165, 1.54) is 0 Å². The van der Waals surface area contributed by atoms with E-state index >= 15 is 0 Å². The predicted octanol–water partition coefficient (Wildman–Crippen LogP) is 1.87. The van der Waals surface area contributed by atoms with Gasteiger partial charge < -0.3 is 10.1 Å². The van der Waals surface area contributed by atoms with Crippen LogP contribution in [0.1, 0.15) is 25.3 Å². The van der Waals surface area contributed by atoms with Gasteiger partial charge in [-0.1, -0.05) is 37.3 Å². The number of benzene rings is 1. The molecule has 0 aliphatic heterocycles. The smallest absolute Gasteiger partial charge is 0.326 e. The second kappa shape index (κ2) is 4.66. The average Bonchev–Trinajstić information content (AvgIpc) is 3.09. The van der Waals surface area contributed by atoms with E-state index in [4.69, 9.17) is 4.74 Å². The maximum absolute atomic E-state index is 11.8. The summed E-state index contributed by atoms with van der Waals surface area (Å²) in [6, 6.07) is 9.76. The molecule has 0 amide bonds. The number of nitrogens with one attached hydrogen (secondary N) is 1. The van der Waals surface area contributed by atoms with Crippen LogP contribution in [-0.2, 0) is 16.1 Å². The van der Waals surface area contributed by atoms with Gasteiger partial charge in [-0.2, -0.15) is 0 Å². The Kier molecular flexibility index (Phi) is 3.25. The summed E-state index contributed by atoms with van der Waals surface area (Å²) in [7, 11) is 0. The fourth-order valence-corrected chi connectivity index (χ4v) is 1.78. The monoisotopic (exact) mass is 219 g/mol. The minimum atomic E-state index is -0.371. The van der Waals surface area contributed by atoms with E-state index in [-0.39, 0.29) is 11.5 Å². The molecule has 1 aliphatic carbocycles. The van der Waals surface area contributed by atoms with Gasteiger partial charge in [-0.25, -0.2) is 0 Å². The summed E-state index contributed by atoms with van der Waals surface area (Å²) in [4.78, 5) is 11.8. The number of likely N-dealkylation sites (N-methyl/N-ethyl adjacent to an activating group) is 1. The number of rotatable bonds is 5. The molecule has 0 unspecified atom stereocenters. The van der Waals surface area contributed by atoms with Crippen molar-refractivity contribution in [2.75, 3.05) is 6.54 Å². The van der Waals surface area contributed by atoms with Crippen LogP contribution >= 0.6 is 0 Å². The topological polar surface area (TPSA) is 38.3 Å². The minimum Gasteiger partial charge on any atom is -0.459 e. The third-order valence-electron chi connectivity index (χ3n) is 2.87. The molecule has 1 aromatic rings. The van der Waals surface area contributed by atoms with E-state index in [9.17, 15) is 4.79 Å². The maximum Gasteiger partial charge on any atom is 0.326 e. The lowest BCUT2D eigenvalue weighted by Crippen LogP contribution is -2.40. The van der Waals surface area contributed by atoms with Crippen LogP contribution < -0.4 is 5.32 Å². The molecule has 1 aliphatic rings. The van der Waals surface area contributed by atoms with E-state index in [1.807, 2.05) is 37.3 Å². The van der Waals surface area contributed by atoms with Gasteiger partial charge in [0.2, 0.25) is 0 Å². The van der Waals surface area contributed by atoms with Crippen molar-refractivity contribution >= 4 is 5.97 Å². The second-order valence-electron chi connectivity index (χ2n) is 4.17. The number of hydrogen-bond acceptors (Lipinski definition) is 3. The number of hydrogen-bond donors (Lipinski definition) is 1. The highest BCUT2D eigenvalue weighted by Gasteiger charge is 2.50. The summed E-state index contributed by atoms with van der Waals surface area (Å²) in [6.45, 7) is 3.18. The number of carbonyl (C=O) groups is 1. The second-order valence-corrected chi connectivity index (χ2v) is 4.17. The highest BCUT2D eigenvalue weighted by Crippen LogP contribution is 2.36. The summed E-state index contributed by atoms with van der Waals surface area (Å²) in [5.41, 5.74) is 0.659. The maximum atomic E-state index is 11.8. The van der Waals surface area contributed by atoms with Gasteiger partial charge in [-0.15, -0.1) is 0 Å². The van der Waals surface area contributed by atoms with Gasteiger partial charge in [0.15, 0.2) is 0 Å². The molecule has 1 aromatic carbocycles.